The van der Waals surface area contributed by atoms with Crippen molar-refractivity contribution in [2.75, 3.05) is 5.73 Å². The second-order valence-corrected chi connectivity index (χ2v) is 8.27. The van der Waals surface area contributed by atoms with E-state index in [1.165, 1.54) is 17.0 Å². The molecule has 0 aromatic heterocycles. The molecule has 3 rings (SSSR count). The van der Waals surface area contributed by atoms with Crippen molar-refractivity contribution < 1.29 is 27.9 Å². The summed E-state index contributed by atoms with van der Waals surface area (Å²) in [5.41, 5.74) is 5.66. The van der Waals surface area contributed by atoms with Gasteiger partial charge in [-0.2, -0.15) is 13.2 Å². The van der Waals surface area contributed by atoms with Crippen LogP contribution in [-0.4, -0.2) is 21.9 Å². The number of carboxylic acids is 1. The van der Waals surface area contributed by atoms with Crippen LogP contribution in [0.25, 0.3) is 0 Å². The Morgan fingerprint density at radius 3 is 2.00 bits per heavy atom. The third-order valence-electron chi connectivity index (χ3n) is 6.51. The lowest BCUT2D eigenvalue weighted by atomic mass is 9.73. The lowest BCUT2D eigenvalue weighted by molar-refractivity contribution is -0.162. The summed E-state index contributed by atoms with van der Waals surface area (Å²) >= 11 is 0. The van der Waals surface area contributed by atoms with Crippen molar-refractivity contribution in [3.05, 3.63) is 65.2 Å². The lowest BCUT2D eigenvalue weighted by Gasteiger charge is -2.48. The van der Waals surface area contributed by atoms with Gasteiger partial charge in [-0.3, -0.25) is 4.79 Å². The van der Waals surface area contributed by atoms with Crippen molar-refractivity contribution >= 4 is 17.6 Å². The van der Waals surface area contributed by atoms with Gasteiger partial charge in [0.15, 0.2) is 0 Å². The Morgan fingerprint density at radius 1 is 1.00 bits per heavy atom. The first-order chi connectivity index (χ1) is 15.1. The van der Waals surface area contributed by atoms with Crippen LogP contribution in [0, 0.1) is 5.92 Å². The van der Waals surface area contributed by atoms with Gasteiger partial charge in [0, 0.05) is 12.2 Å². The highest BCUT2D eigenvalue weighted by Crippen LogP contribution is 2.48. The highest BCUT2D eigenvalue weighted by Gasteiger charge is 2.48. The zero-order valence-electron chi connectivity index (χ0n) is 17.9. The first-order valence-corrected chi connectivity index (χ1v) is 10.7. The molecule has 0 bridgehead atoms. The summed E-state index contributed by atoms with van der Waals surface area (Å²) in [5, 5.41) is 9.61. The zero-order chi connectivity index (χ0) is 23.5. The van der Waals surface area contributed by atoms with Gasteiger partial charge in [-0.25, -0.2) is 4.79 Å². The molecule has 3 N–H and O–H groups in total. The van der Waals surface area contributed by atoms with Crippen molar-refractivity contribution in [3.8, 4) is 0 Å². The highest BCUT2D eigenvalue weighted by molar-refractivity contribution is 6.31. The normalized spacial score (nSPS) is 16.5. The number of nitrogen functional groups attached to an aromatic ring is 1. The van der Waals surface area contributed by atoms with Crippen molar-refractivity contribution in [1.29, 1.82) is 0 Å². The number of benzene rings is 2. The maximum Gasteiger partial charge on any atom is 0.416 e. The summed E-state index contributed by atoms with van der Waals surface area (Å²) < 4.78 is 39.5. The van der Waals surface area contributed by atoms with Crippen LogP contribution in [0.2, 0.25) is 0 Å². The van der Waals surface area contributed by atoms with E-state index in [4.69, 9.17) is 5.73 Å². The molecule has 1 aliphatic carbocycles. The van der Waals surface area contributed by atoms with Crippen LogP contribution in [0.1, 0.15) is 55.7 Å². The number of alkyl halides is 3. The number of anilines is 1. The number of carbonyl (C=O) groups is 2. The first kappa shape index (κ1) is 23.6. The van der Waals surface area contributed by atoms with E-state index in [1.54, 1.807) is 24.3 Å². The largest absolute Gasteiger partial charge is 0.474 e. The van der Waals surface area contributed by atoms with Gasteiger partial charge >= 0.3 is 18.1 Å². The van der Waals surface area contributed by atoms with Crippen LogP contribution in [0.4, 0.5) is 18.9 Å². The van der Waals surface area contributed by atoms with E-state index in [1.807, 2.05) is 6.92 Å². The average Bonchev–Trinajstić information content (AvgIpc) is 3.29. The summed E-state index contributed by atoms with van der Waals surface area (Å²) in [6, 6.07) is 11.5. The van der Waals surface area contributed by atoms with Crippen LogP contribution in [0.5, 0.6) is 0 Å². The van der Waals surface area contributed by atoms with Gasteiger partial charge < -0.3 is 15.7 Å². The molecule has 1 fully saturated rings. The number of nitrogens with zero attached hydrogens (tertiary/aromatic N) is 1. The Kier molecular flexibility index (Phi) is 6.81. The standard InChI is InChI=1S/C24H27F3N2O3/c1-2-23(17-5-3-4-6-17,18-9-11-19(12-10-18)24(25,26)27)29(21(30)22(31)32)15-16-7-13-20(28)14-8-16/h7-14,17H,2-6,15,28H2,1H3,(H,31,32). The van der Waals surface area contributed by atoms with Gasteiger partial charge in [-0.1, -0.05) is 44.0 Å². The molecule has 0 radical (unpaired) electrons. The fourth-order valence-corrected chi connectivity index (χ4v) is 4.96. The average molecular weight is 448 g/mol. The molecule has 0 saturated heterocycles. The summed E-state index contributed by atoms with van der Waals surface area (Å²) in [6.07, 6.45) is -0.744. The van der Waals surface area contributed by atoms with Gasteiger partial charge in [0.05, 0.1) is 11.1 Å². The monoisotopic (exact) mass is 448 g/mol. The molecular weight excluding hydrogens is 421 g/mol. The minimum atomic E-state index is -4.48. The predicted molar refractivity (Wildman–Crippen MR) is 114 cm³/mol. The molecule has 1 aliphatic rings. The summed E-state index contributed by atoms with van der Waals surface area (Å²) in [5.74, 6) is -2.74. The Labute approximate surface area is 185 Å². The Hall–Kier alpha value is -3.03. The van der Waals surface area contributed by atoms with E-state index in [0.29, 0.717) is 23.2 Å². The fourth-order valence-electron chi connectivity index (χ4n) is 4.96. The molecule has 2 aromatic carbocycles. The molecule has 0 spiro atoms. The molecular formula is C24H27F3N2O3. The predicted octanol–water partition coefficient (Wildman–Crippen LogP) is 5.20. The van der Waals surface area contributed by atoms with Crippen molar-refractivity contribution in [3.63, 3.8) is 0 Å². The van der Waals surface area contributed by atoms with Crippen LogP contribution in [0.15, 0.2) is 48.5 Å². The maximum absolute atomic E-state index is 13.2. The van der Waals surface area contributed by atoms with Crippen LogP contribution < -0.4 is 5.73 Å². The molecule has 1 atom stereocenters. The third kappa shape index (κ3) is 4.59. The number of carboxylic acid groups (broad SMARTS) is 1. The van der Waals surface area contributed by atoms with Crippen molar-refractivity contribution in [2.24, 2.45) is 5.92 Å². The van der Waals surface area contributed by atoms with Gasteiger partial charge in [0.1, 0.15) is 0 Å². The molecule has 8 heteroatoms. The summed E-state index contributed by atoms with van der Waals surface area (Å²) in [7, 11) is 0. The second-order valence-electron chi connectivity index (χ2n) is 8.27. The third-order valence-corrected chi connectivity index (χ3v) is 6.51. The van der Waals surface area contributed by atoms with E-state index in [0.717, 1.165) is 37.8 Å². The van der Waals surface area contributed by atoms with Crippen LogP contribution in [0.3, 0.4) is 0 Å². The molecule has 32 heavy (non-hydrogen) atoms. The molecule has 172 valence electrons. The SMILES string of the molecule is CCC(c1ccc(C(F)(F)F)cc1)(C1CCCC1)N(Cc1ccc(N)cc1)C(=O)C(=O)O. The molecule has 5 nitrogen and oxygen atoms in total. The molecule has 2 aromatic rings. The van der Waals surface area contributed by atoms with E-state index in [9.17, 15) is 27.9 Å². The van der Waals surface area contributed by atoms with Gasteiger partial charge in [0.2, 0.25) is 0 Å². The second kappa shape index (κ2) is 9.22. The van der Waals surface area contributed by atoms with Gasteiger partial charge in [-0.05, 0) is 60.6 Å². The van der Waals surface area contributed by atoms with E-state index < -0.39 is 29.2 Å². The highest BCUT2D eigenvalue weighted by atomic mass is 19.4. The smallest absolute Gasteiger partial charge is 0.416 e. The van der Waals surface area contributed by atoms with E-state index in [2.05, 4.69) is 0 Å². The van der Waals surface area contributed by atoms with Crippen LogP contribution in [-0.2, 0) is 27.8 Å². The Balaban J connectivity index is 2.16. The zero-order valence-corrected chi connectivity index (χ0v) is 17.9. The number of rotatable bonds is 6. The fraction of sp³-hybridized carbons (Fsp3) is 0.417. The van der Waals surface area contributed by atoms with Crippen molar-refractivity contribution in [1.82, 2.24) is 4.90 Å². The van der Waals surface area contributed by atoms with Crippen molar-refractivity contribution in [2.45, 2.75) is 57.3 Å². The molecule has 1 unspecified atom stereocenters. The lowest BCUT2D eigenvalue weighted by Crippen LogP contribution is -2.54. The van der Waals surface area contributed by atoms with Gasteiger partial charge in [-0.15, -0.1) is 0 Å². The minimum Gasteiger partial charge on any atom is -0.474 e. The summed E-state index contributed by atoms with van der Waals surface area (Å²) in [6.45, 7) is 1.86. The summed E-state index contributed by atoms with van der Waals surface area (Å²) in [4.78, 5) is 26.2. The first-order valence-electron chi connectivity index (χ1n) is 10.7. The molecule has 0 heterocycles. The Morgan fingerprint density at radius 2 is 1.53 bits per heavy atom. The quantitative estimate of drug-likeness (QED) is 0.470. The topological polar surface area (TPSA) is 83.6 Å². The van der Waals surface area contributed by atoms with E-state index in [-0.39, 0.29) is 12.5 Å². The minimum absolute atomic E-state index is 0.0107. The number of hydrogen-bond donors (Lipinski definition) is 2. The number of carbonyl (C=O) groups excluding carboxylic acids is 1. The number of aliphatic carboxylic acids is 1. The number of amides is 1. The molecule has 1 amide bonds. The number of hydrogen-bond acceptors (Lipinski definition) is 3. The van der Waals surface area contributed by atoms with E-state index >= 15 is 0 Å². The number of nitrogens with two attached hydrogens (primary N) is 1. The van der Waals surface area contributed by atoms with Gasteiger partial charge in [0.25, 0.3) is 0 Å². The maximum atomic E-state index is 13.2. The molecule has 0 aliphatic heterocycles. The number of halogens is 3. The molecule has 1 saturated carbocycles. The Bertz CT molecular complexity index is 952. The van der Waals surface area contributed by atoms with Crippen LogP contribution >= 0.6 is 0 Å².